The highest BCUT2D eigenvalue weighted by Gasteiger charge is 2.04. The molecule has 0 bridgehead atoms. The lowest BCUT2D eigenvalue weighted by atomic mass is 10.2. The summed E-state index contributed by atoms with van der Waals surface area (Å²) in [5, 5.41) is 11.7. The molecule has 0 saturated carbocycles. The summed E-state index contributed by atoms with van der Waals surface area (Å²) in [5.41, 5.74) is 0.555. The number of hydrogen-bond donors (Lipinski definition) is 2. The Morgan fingerprint density at radius 2 is 2.25 bits per heavy atom. The number of aromatic hydroxyl groups is 1. The van der Waals surface area contributed by atoms with Gasteiger partial charge in [0, 0.05) is 12.6 Å². The van der Waals surface area contributed by atoms with Gasteiger partial charge >= 0.3 is 0 Å². The minimum absolute atomic E-state index is 0.145. The summed E-state index contributed by atoms with van der Waals surface area (Å²) in [6, 6.07) is 4.72. The Morgan fingerprint density at radius 1 is 1.58 bits per heavy atom. The van der Waals surface area contributed by atoms with Crippen LogP contribution in [0.4, 0.5) is 0 Å². The van der Waals surface area contributed by atoms with Crippen molar-refractivity contribution in [3.63, 3.8) is 0 Å². The van der Waals surface area contributed by atoms with Gasteiger partial charge in [0.2, 0.25) is 0 Å². The van der Waals surface area contributed by atoms with Crippen LogP contribution in [0.2, 0.25) is 0 Å². The summed E-state index contributed by atoms with van der Waals surface area (Å²) in [6.07, 6.45) is 0. The van der Waals surface area contributed by atoms with Gasteiger partial charge in [0.15, 0.2) is 0 Å². The monoisotopic (exact) mass is 277 g/mol. The van der Waals surface area contributed by atoms with Gasteiger partial charge in [-0.25, -0.2) is 0 Å². The molecule has 0 aliphatic carbocycles. The van der Waals surface area contributed by atoms with E-state index >= 15 is 0 Å². The highest BCUT2D eigenvalue weighted by atomic mass is 127. The fourth-order valence-electron chi connectivity index (χ4n) is 0.792. The Balaban J connectivity index is 3.05. The van der Waals surface area contributed by atoms with E-state index in [-0.39, 0.29) is 11.7 Å². The molecule has 64 valence electrons. The minimum atomic E-state index is -0.145. The normalized spacial score (nSPS) is 9.50. The van der Waals surface area contributed by atoms with Crippen molar-refractivity contribution >= 4 is 28.5 Å². The first kappa shape index (κ1) is 9.31. The second kappa shape index (κ2) is 3.75. The molecule has 1 aromatic rings. The molecule has 0 saturated heterocycles. The molecule has 2 N–H and O–H groups in total. The molecule has 0 unspecified atom stereocenters. The fraction of sp³-hybridized carbons (Fsp3) is 0.125. The average Bonchev–Trinajstić information content (AvgIpc) is 2.08. The van der Waals surface area contributed by atoms with E-state index in [9.17, 15) is 4.79 Å². The van der Waals surface area contributed by atoms with Crippen LogP contribution in [0.3, 0.4) is 0 Å². The largest absolute Gasteiger partial charge is 0.507 e. The lowest BCUT2D eigenvalue weighted by molar-refractivity contribution is 0.0963. The smallest absolute Gasteiger partial charge is 0.251 e. The molecule has 1 rings (SSSR count). The number of amides is 1. The van der Waals surface area contributed by atoms with Crippen LogP contribution in [-0.4, -0.2) is 18.1 Å². The maximum absolute atomic E-state index is 11.1. The molecule has 0 heterocycles. The summed E-state index contributed by atoms with van der Waals surface area (Å²) in [5.74, 6) is 0.0520. The Kier molecular flexibility index (Phi) is 2.91. The van der Waals surface area contributed by atoms with Crippen molar-refractivity contribution in [2.24, 2.45) is 0 Å². The average molecular weight is 277 g/mol. The molecule has 3 nitrogen and oxygen atoms in total. The summed E-state index contributed by atoms with van der Waals surface area (Å²) < 4.78 is 0.675. The van der Waals surface area contributed by atoms with Gasteiger partial charge in [-0.05, 0) is 40.8 Å². The third kappa shape index (κ3) is 1.88. The van der Waals surface area contributed by atoms with Crippen molar-refractivity contribution in [3.8, 4) is 5.75 Å². The van der Waals surface area contributed by atoms with Gasteiger partial charge in [-0.3, -0.25) is 4.79 Å². The summed E-state index contributed by atoms with van der Waals surface area (Å²) >= 11 is 1.97. The second-order valence-electron chi connectivity index (χ2n) is 2.25. The summed E-state index contributed by atoms with van der Waals surface area (Å²) in [4.78, 5) is 11.1. The number of hydrogen-bond acceptors (Lipinski definition) is 2. The van der Waals surface area contributed by atoms with Gasteiger partial charge in [-0.1, -0.05) is 0 Å². The highest BCUT2D eigenvalue weighted by Crippen LogP contribution is 2.19. The van der Waals surface area contributed by atoms with Crippen molar-refractivity contribution in [3.05, 3.63) is 27.3 Å². The zero-order valence-electron chi connectivity index (χ0n) is 6.47. The molecule has 0 aliphatic rings. The predicted molar refractivity (Wildman–Crippen MR) is 54.2 cm³/mol. The highest BCUT2D eigenvalue weighted by molar-refractivity contribution is 14.1. The lowest BCUT2D eigenvalue weighted by Crippen LogP contribution is -2.17. The van der Waals surface area contributed by atoms with Crippen molar-refractivity contribution in [1.29, 1.82) is 0 Å². The van der Waals surface area contributed by atoms with Crippen molar-refractivity contribution in [1.82, 2.24) is 5.32 Å². The Hall–Kier alpha value is -0.780. The van der Waals surface area contributed by atoms with Crippen LogP contribution in [0.25, 0.3) is 0 Å². The molecule has 0 aromatic heterocycles. The van der Waals surface area contributed by atoms with Gasteiger partial charge < -0.3 is 10.4 Å². The zero-order valence-corrected chi connectivity index (χ0v) is 8.62. The quantitative estimate of drug-likeness (QED) is 0.761. The maximum Gasteiger partial charge on any atom is 0.251 e. The molecule has 12 heavy (non-hydrogen) atoms. The number of carbonyl (C=O) groups is 1. The van der Waals surface area contributed by atoms with E-state index in [1.807, 2.05) is 22.6 Å². The van der Waals surface area contributed by atoms with Crippen LogP contribution < -0.4 is 5.32 Å². The number of halogens is 1. The molecule has 0 spiro atoms. The van der Waals surface area contributed by atoms with Gasteiger partial charge in [0.25, 0.3) is 5.91 Å². The van der Waals surface area contributed by atoms with Crippen LogP contribution in [0, 0.1) is 3.57 Å². The number of benzene rings is 1. The zero-order chi connectivity index (χ0) is 9.14. The van der Waals surface area contributed by atoms with E-state index in [4.69, 9.17) is 5.11 Å². The standard InChI is InChI=1S/C8H8INO2/c1-10-8(12)5-2-3-7(11)6(9)4-5/h2-4,11H,1H3,(H,10,12). The van der Waals surface area contributed by atoms with Crippen molar-refractivity contribution in [2.45, 2.75) is 0 Å². The predicted octanol–water partition coefficient (Wildman–Crippen LogP) is 1.36. The molecule has 1 aromatic carbocycles. The molecule has 4 heteroatoms. The molecule has 1 amide bonds. The lowest BCUT2D eigenvalue weighted by Gasteiger charge is -2.01. The van der Waals surface area contributed by atoms with Crippen LogP contribution in [0.1, 0.15) is 10.4 Å². The van der Waals surface area contributed by atoms with Crippen LogP contribution >= 0.6 is 22.6 Å². The Morgan fingerprint density at radius 3 is 2.75 bits per heavy atom. The van der Waals surface area contributed by atoms with Gasteiger partial charge in [0.05, 0.1) is 3.57 Å². The van der Waals surface area contributed by atoms with Gasteiger partial charge in [-0.15, -0.1) is 0 Å². The van der Waals surface area contributed by atoms with Crippen LogP contribution in [0.5, 0.6) is 5.75 Å². The molecular formula is C8H8INO2. The van der Waals surface area contributed by atoms with Crippen molar-refractivity contribution < 1.29 is 9.90 Å². The van der Waals surface area contributed by atoms with Gasteiger partial charge in [-0.2, -0.15) is 0 Å². The number of phenols is 1. The summed E-state index contributed by atoms with van der Waals surface area (Å²) in [7, 11) is 1.57. The van der Waals surface area contributed by atoms with Crippen molar-refractivity contribution in [2.75, 3.05) is 7.05 Å². The SMILES string of the molecule is CNC(=O)c1ccc(O)c(I)c1. The van der Waals surface area contributed by atoms with Gasteiger partial charge in [0.1, 0.15) is 5.75 Å². The van der Waals surface area contributed by atoms with E-state index in [0.717, 1.165) is 0 Å². The second-order valence-corrected chi connectivity index (χ2v) is 3.41. The molecule has 0 radical (unpaired) electrons. The summed E-state index contributed by atoms with van der Waals surface area (Å²) in [6.45, 7) is 0. The van der Waals surface area contributed by atoms with Crippen LogP contribution in [-0.2, 0) is 0 Å². The van der Waals surface area contributed by atoms with E-state index in [0.29, 0.717) is 9.13 Å². The molecular weight excluding hydrogens is 269 g/mol. The number of nitrogens with one attached hydrogen (secondary N) is 1. The minimum Gasteiger partial charge on any atom is -0.507 e. The third-order valence-electron chi connectivity index (χ3n) is 1.44. The number of phenolic OH excluding ortho intramolecular Hbond substituents is 1. The van der Waals surface area contributed by atoms with E-state index in [1.54, 1.807) is 19.2 Å². The first-order valence-electron chi connectivity index (χ1n) is 3.35. The third-order valence-corrected chi connectivity index (χ3v) is 2.30. The maximum atomic E-state index is 11.1. The Labute approximate surface area is 83.9 Å². The van der Waals surface area contributed by atoms with E-state index in [2.05, 4.69) is 5.32 Å². The first-order chi connectivity index (χ1) is 5.65. The molecule has 0 fully saturated rings. The Bertz CT molecular complexity index is 312. The number of rotatable bonds is 1. The first-order valence-corrected chi connectivity index (χ1v) is 4.43. The molecule has 0 atom stereocenters. The topological polar surface area (TPSA) is 49.3 Å². The van der Waals surface area contributed by atoms with E-state index < -0.39 is 0 Å². The number of carbonyl (C=O) groups excluding carboxylic acids is 1. The van der Waals surface area contributed by atoms with E-state index in [1.165, 1.54) is 6.07 Å². The van der Waals surface area contributed by atoms with Crippen LogP contribution in [0.15, 0.2) is 18.2 Å². The molecule has 0 aliphatic heterocycles. The fourth-order valence-corrected chi connectivity index (χ4v) is 1.31.